The van der Waals surface area contributed by atoms with E-state index in [0.717, 1.165) is 15.8 Å². The van der Waals surface area contributed by atoms with Crippen molar-refractivity contribution >= 4 is 21.6 Å². The van der Waals surface area contributed by atoms with E-state index in [0.29, 0.717) is 25.0 Å². The van der Waals surface area contributed by atoms with Crippen LogP contribution >= 0.6 is 11.3 Å². The fraction of sp³-hybridized carbons (Fsp3) is 0.318. The molecule has 4 rings (SSSR count). The van der Waals surface area contributed by atoms with Crippen LogP contribution in [-0.2, 0) is 20.8 Å². The molecule has 0 spiro atoms. The van der Waals surface area contributed by atoms with Crippen molar-refractivity contribution < 1.29 is 18.9 Å². The standard InChI is InChI=1S/C22H23NO4S/c1-2-25-21-13-12-18(27-22-23-17-10-6-7-11-20(17)28-22)19(26-21)15-24-14-16-8-4-3-5-9-16/h3-13,18-19,21H,2,14-15H2,1H3/t18-,19+,21-/m0/s1. The molecule has 0 bridgehead atoms. The maximum absolute atomic E-state index is 6.14. The van der Waals surface area contributed by atoms with Crippen LogP contribution < -0.4 is 4.74 Å². The molecule has 1 aliphatic rings. The van der Waals surface area contributed by atoms with Crippen molar-refractivity contribution in [2.75, 3.05) is 13.2 Å². The Bertz CT molecular complexity index is 878. The Morgan fingerprint density at radius 2 is 1.86 bits per heavy atom. The normalized spacial score (nSPS) is 21.8. The molecule has 2 heterocycles. The summed E-state index contributed by atoms with van der Waals surface area (Å²) in [5, 5.41) is 0.627. The van der Waals surface area contributed by atoms with E-state index in [2.05, 4.69) is 4.98 Å². The average molecular weight is 397 g/mol. The van der Waals surface area contributed by atoms with Crippen LogP contribution in [0.4, 0.5) is 0 Å². The van der Waals surface area contributed by atoms with Crippen LogP contribution in [-0.4, -0.2) is 36.7 Å². The molecule has 3 atom stereocenters. The Labute approximate surface area is 168 Å². The molecule has 146 valence electrons. The summed E-state index contributed by atoms with van der Waals surface area (Å²) in [6, 6.07) is 18.1. The highest BCUT2D eigenvalue weighted by Gasteiger charge is 2.30. The molecule has 5 nitrogen and oxygen atoms in total. The topological polar surface area (TPSA) is 49.8 Å². The predicted octanol–water partition coefficient (Wildman–Crippen LogP) is 4.58. The molecule has 28 heavy (non-hydrogen) atoms. The summed E-state index contributed by atoms with van der Waals surface area (Å²) < 4.78 is 24.8. The van der Waals surface area contributed by atoms with Gasteiger partial charge < -0.3 is 18.9 Å². The zero-order valence-electron chi connectivity index (χ0n) is 15.7. The van der Waals surface area contributed by atoms with Gasteiger partial charge in [0.25, 0.3) is 5.19 Å². The van der Waals surface area contributed by atoms with Crippen molar-refractivity contribution in [3.05, 3.63) is 72.3 Å². The lowest BCUT2D eigenvalue weighted by Crippen LogP contribution is -2.42. The fourth-order valence-corrected chi connectivity index (χ4v) is 3.87. The summed E-state index contributed by atoms with van der Waals surface area (Å²) in [6.07, 6.45) is 2.91. The maximum Gasteiger partial charge on any atom is 0.274 e. The van der Waals surface area contributed by atoms with Gasteiger partial charge in [0.2, 0.25) is 0 Å². The van der Waals surface area contributed by atoms with Crippen LogP contribution in [0.3, 0.4) is 0 Å². The Kier molecular flexibility index (Phi) is 6.34. The van der Waals surface area contributed by atoms with E-state index in [1.165, 1.54) is 11.3 Å². The van der Waals surface area contributed by atoms with Crippen LogP contribution in [0.2, 0.25) is 0 Å². The maximum atomic E-state index is 6.14. The van der Waals surface area contributed by atoms with Crippen LogP contribution in [0.5, 0.6) is 5.19 Å². The molecule has 0 unspecified atom stereocenters. The second-order valence-electron chi connectivity index (χ2n) is 6.41. The zero-order chi connectivity index (χ0) is 19.2. The number of nitrogens with zero attached hydrogens (tertiary/aromatic N) is 1. The third-order valence-corrected chi connectivity index (χ3v) is 5.30. The number of rotatable bonds is 8. The van der Waals surface area contributed by atoms with Gasteiger partial charge in [0.1, 0.15) is 12.2 Å². The lowest BCUT2D eigenvalue weighted by molar-refractivity contribution is -0.180. The molecule has 2 aromatic carbocycles. The van der Waals surface area contributed by atoms with Gasteiger partial charge in [0.15, 0.2) is 6.29 Å². The molecule has 0 amide bonds. The van der Waals surface area contributed by atoms with Gasteiger partial charge in [0.05, 0.1) is 23.4 Å². The Morgan fingerprint density at radius 1 is 1.04 bits per heavy atom. The molecule has 0 radical (unpaired) electrons. The smallest absolute Gasteiger partial charge is 0.274 e. The average Bonchev–Trinajstić information content (AvgIpc) is 3.13. The molecular formula is C22H23NO4S. The Morgan fingerprint density at radius 3 is 2.68 bits per heavy atom. The third kappa shape index (κ3) is 4.77. The van der Waals surface area contributed by atoms with Crippen LogP contribution in [0.1, 0.15) is 12.5 Å². The van der Waals surface area contributed by atoms with Gasteiger partial charge in [-0.25, -0.2) is 4.98 Å². The minimum Gasteiger partial charge on any atom is -0.460 e. The highest BCUT2D eigenvalue weighted by molar-refractivity contribution is 7.20. The van der Waals surface area contributed by atoms with Gasteiger partial charge in [-0.15, -0.1) is 0 Å². The summed E-state index contributed by atoms with van der Waals surface area (Å²) in [4.78, 5) is 4.56. The third-order valence-electron chi connectivity index (χ3n) is 4.37. The highest BCUT2D eigenvalue weighted by atomic mass is 32.1. The Hall–Kier alpha value is -2.25. The second kappa shape index (κ2) is 9.30. The Balaban J connectivity index is 1.43. The van der Waals surface area contributed by atoms with E-state index < -0.39 is 0 Å². The number of fused-ring (bicyclic) bond motifs is 1. The first kappa shape index (κ1) is 19.1. The van der Waals surface area contributed by atoms with Crippen molar-refractivity contribution in [3.8, 4) is 5.19 Å². The number of ether oxygens (including phenoxy) is 4. The van der Waals surface area contributed by atoms with Crippen molar-refractivity contribution in [1.29, 1.82) is 0 Å². The lowest BCUT2D eigenvalue weighted by atomic mass is 10.1. The number of hydrogen-bond donors (Lipinski definition) is 0. The summed E-state index contributed by atoms with van der Waals surface area (Å²) >= 11 is 1.53. The molecule has 3 aromatic rings. The monoisotopic (exact) mass is 397 g/mol. The predicted molar refractivity (Wildman–Crippen MR) is 110 cm³/mol. The summed E-state index contributed by atoms with van der Waals surface area (Å²) in [5.74, 6) is 0. The van der Waals surface area contributed by atoms with Gasteiger partial charge in [-0.05, 0) is 36.8 Å². The molecule has 0 saturated carbocycles. The first-order chi connectivity index (χ1) is 13.8. The van der Waals surface area contributed by atoms with E-state index in [4.69, 9.17) is 18.9 Å². The molecule has 0 saturated heterocycles. The summed E-state index contributed by atoms with van der Waals surface area (Å²) in [6.45, 7) is 3.45. The van der Waals surface area contributed by atoms with Gasteiger partial charge in [0, 0.05) is 6.61 Å². The van der Waals surface area contributed by atoms with Gasteiger partial charge >= 0.3 is 0 Å². The molecule has 0 N–H and O–H groups in total. The fourth-order valence-electron chi connectivity index (χ4n) is 3.01. The minimum absolute atomic E-state index is 0.280. The molecular weight excluding hydrogens is 374 g/mol. The largest absolute Gasteiger partial charge is 0.460 e. The van der Waals surface area contributed by atoms with Crippen molar-refractivity contribution in [3.63, 3.8) is 0 Å². The quantitative estimate of drug-likeness (QED) is 0.521. The molecule has 6 heteroatoms. The van der Waals surface area contributed by atoms with E-state index in [-0.39, 0.29) is 18.5 Å². The summed E-state index contributed by atoms with van der Waals surface area (Å²) in [7, 11) is 0. The number of benzene rings is 2. The number of thiazole rings is 1. The lowest BCUT2D eigenvalue weighted by Gasteiger charge is -2.31. The second-order valence-corrected chi connectivity index (χ2v) is 7.41. The van der Waals surface area contributed by atoms with E-state index in [1.807, 2.05) is 73.7 Å². The van der Waals surface area contributed by atoms with Gasteiger partial charge in [-0.1, -0.05) is 53.8 Å². The number of hydrogen-bond acceptors (Lipinski definition) is 6. The van der Waals surface area contributed by atoms with Crippen LogP contribution in [0.25, 0.3) is 10.2 Å². The van der Waals surface area contributed by atoms with Crippen molar-refractivity contribution in [2.24, 2.45) is 0 Å². The first-order valence-corrected chi connectivity index (χ1v) is 10.2. The molecule has 1 aromatic heterocycles. The van der Waals surface area contributed by atoms with Crippen molar-refractivity contribution in [2.45, 2.75) is 32.0 Å². The molecule has 0 aliphatic carbocycles. The number of aromatic nitrogens is 1. The van der Waals surface area contributed by atoms with E-state index in [9.17, 15) is 0 Å². The van der Waals surface area contributed by atoms with Crippen LogP contribution in [0, 0.1) is 0 Å². The molecule has 1 aliphatic heterocycles. The number of para-hydroxylation sites is 1. The highest BCUT2D eigenvalue weighted by Crippen LogP contribution is 2.30. The van der Waals surface area contributed by atoms with E-state index >= 15 is 0 Å². The van der Waals surface area contributed by atoms with Crippen molar-refractivity contribution in [1.82, 2.24) is 4.98 Å². The van der Waals surface area contributed by atoms with Gasteiger partial charge in [-0.2, -0.15) is 0 Å². The SMILES string of the molecule is CCO[C@@H]1C=C[C@H](Oc2nc3ccccc3s2)[C@@H](COCc2ccccc2)O1. The van der Waals surface area contributed by atoms with E-state index in [1.54, 1.807) is 0 Å². The first-order valence-electron chi connectivity index (χ1n) is 9.41. The zero-order valence-corrected chi connectivity index (χ0v) is 16.5. The summed E-state index contributed by atoms with van der Waals surface area (Å²) in [5.41, 5.74) is 2.06. The minimum atomic E-state index is -0.384. The molecule has 0 fully saturated rings. The van der Waals surface area contributed by atoms with Gasteiger partial charge in [-0.3, -0.25) is 0 Å². The van der Waals surface area contributed by atoms with Crippen LogP contribution in [0.15, 0.2) is 66.7 Å².